The molecule has 0 aromatic heterocycles. The van der Waals surface area contributed by atoms with Crippen LogP contribution in [0.3, 0.4) is 0 Å². The predicted octanol–water partition coefficient (Wildman–Crippen LogP) is 0.464. The smallest absolute Gasteiger partial charge is 0.306 e. The van der Waals surface area contributed by atoms with Crippen molar-refractivity contribution in [1.29, 1.82) is 0 Å². The zero-order chi connectivity index (χ0) is 7.61. The Morgan fingerprint density at radius 2 is 2.50 bits per heavy atom. The number of carbonyl (C=O) groups is 1. The first kappa shape index (κ1) is 7.54. The third kappa shape index (κ3) is 1.48. The molecule has 0 bridgehead atoms. The maximum atomic E-state index is 10.7. The van der Waals surface area contributed by atoms with Gasteiger partial charge in [-0.2, -0.15) is 0 Å². The number of hydrogen-bond donors (Lipinski definition) is 1. The quantitative estimate of drug-likeness (QED) is 0.544. The molecule has 0 unspecified atom stereocenters. The lowest BCUT2D eigenvalue weighted by Gasteiger charge is -2.31. The summed E-state index contributed by atoms with van der Waals surface area (Å²) in [6.07, 6.45) is 2.10. The van der Waals surface area contributed by atoms with Crippen molar-refractivity contribution in [2.24, 2.45) is 0 Å². The Labute approximate surface area is 60.0 Å². The number of esters is 1. The van der Waals surface area contributed by atoms with Gasteiger partial charge in [0.15, 0.2) is 0 Å². The van der Waals surface area contributed by atoms with E-state index in [0.29, 0.717) is 6.42 Å². The van der Waals surface area contributed by atoms with Crippen LogP contribution in [0.2, 0.25) is 0 Å². The highest BCUT2D eigenvalue weighted by molar-refractivity contribution is 5.70. The van der Waals surface area contributed by atoms with E-state index in [4.69, 9.17) is 9.84 Å². The lowest BCUT2D eigenvalue weighted by Crippen LogP contribution is -2.38. The second-order valence-corrected chi connectivity index (χ2v) is 2.94. The minimum absolute atomic E-state index is 0.0707. The molecule has 1 fully saturated rings. The largest absolute Gasteiger partial charge is 0.457 e. The van der Waals surface area contributed by atoms with Crippen LogP contribution in [0.1, 0.15) is 26.2 Å². The molecule has 0 aromatic carbocycles. The van der Waals surface area contributed by atoms with Crippen molar-refractivity contribution in [2.75, 3.05) is 6.61 Å². The molecule has 1 saturated heterocycles. The Morgan fingerprint density at radius 1 is 1.80 bits per heavy atom. The van der Waals surface area contributed by atoms with Crippen molar-refractivity contribution < 1.29 is 14.6 Å². The van der Waals surface area contributed by atoms with Gasteiger partial charge < -0.3 is 9.84 Å². The molecule has 0 spiro atoms. The minimum Gasteiger partial charge on any atom is -0.457 e. The van der Waals surface area contributed by atoms with Gasteiger partial charge in [-0.15, -0.1) is 0 Å². The van der Waals surface area contributed by atoms with Crippen molar-refractivity contribution in [1.82, 2.24) is 0 Å². The highest BCUT2D eigenvalue weighted by Crippen LogP contribution is 2.24. The van der Waals surface area contributed by atoms with Crippen LogP contribution in [0.5, 0.6) is 0 Å². The van der Waals surface area contributed by atoms with E-state index in [2.05, 4.69) is 0 Å². The highest BCUT2D eigenvalue weighted by Gasteiger charge is 2.31. The Bertz CT molecular complexity index is 144. The van der Waals surface area contributed by atoms with E-state index in [1.165, 1.54) is 0 Å². The Kier molecular flexibility index (Phi) is 1.94. The molecule has 1 N–H and O–H groups in total. The number of hydrogen-bond acceptors (Lipinski definition) is 3. The first-order chi connectivity index (χ1) is 4.66. The number of aliphatic hydroxyl groups excluding tert-OH is 1. The van der Waals surface area contributed by atoms with Crippen molar-refractivity contribution in [2.45, 2.75) is 31.8 Å². The van der Waals surface area contributed by atoms with Crippen LogP contribution in [0, 0.1) is 0 Å². The summed E-state index contributed by atoms with van der Waals surface area (Å²) in [4.78, 5) is 10.7. The SMILES string of the molecule is C[C@]1(CO)CCCC(=O)O1. The monoisotopic (exact) mass is 144 g/mol. The van der Waals surface area contributed by atoms with Crippen LogP contribution in [-0.4, -0.2) is 23.3 Å². The van der Waals surface area contributed by atoms with E-state index < -0.39 is 5.60 Å². The first-order valence-electron chi connectivity index (χ1n) is 3.49. The fourth-order valence-electron chi connectivity index (χ4n) is 1.09. The van der Waals surface area contributed by atoms with Crippen LogP contribution in [-0.2, 0) is 9.53 Å². The lowest BCUT2D eigenvalue weighted by molar-refractivity contribution is -0.169. The average molecular weight is 144 g/mol. The fourth-order valence-corrected chi connectivity index (χ4v) is 1.09. The predicted molar refractivity (Wildman–Crippen MR) is 35.4 cm³/mol. The molecule has 0 saturated carbocycles. The summed E-state index contributed by atoms with van der Waals surface area (Å²) in [5.41, 5.74) is -0.602. The third-order valence-corrected chi connectivity index (χ3v) is 1.78. The molecule has 0 radical (unpaired) electrons. The molecular formula is C7H12O3. The number of carbonyl (C=O) groups excluding carboxylic acids is 1. The van der Waals surface area contributed by atoms with Gasteiger partial charge in [0.2, 0.25) is 0 Å². The fraction of sp³-hybridized carbons (Fsp3) is 0.857. The highest BCUT2D eigenvalue weighted by atomic mass is 16.6. The lowest BCUT2D eigenvalue weighted by atomic mass is 9.97. The van der Waals surface area contributed by atoms with E-state index >= 15 is 0 Å². The molecule has 58 valence electrons. The summed E-state index contributed by atoms with van der Waals surface area (Å²) >= 11 is 0. The standard InChI is InChI=1S/C7H12O3/c1-7(5-8)4-2-3-6(9)10-7/h8H,2-5H2,1H3/t7-/m1/s1. The second-order valence-electron chi connectivity index (χ2n) is 2.94. The maximum Gasteiger partial charge on any atom is 0.306 e. The molecule has 0 aromatic rings. The number of rotatable bonds is 1. The van der Waals surface area contributed by atoms with E-state index in [0.717, 1.165) is 12.8 Å². The van der Waals surface area contributed by atoms with E-state index in [9.17, 15) is 4.79 Å². The number of cyclic esters (lactones) is 1. The summed E-state index contributed by atoms with van der Waals surface area (Å²) in [6, 6.07) is 0. The molecule has 0 amide bonds. The first-order valence-corrected chi connectivity index (χ1v) is 3.49. The molecule has 3 heteroatoms. The molecule has 1 aliphatic rings. The molecule has 0 aliphatic carbocycles. The molecule has 1 heterocycles. The molecule has 1 rings (SSSR count). The second kappa shape index (κ2) is 2.58. The molecule has 10 heavy (non-hydrogen) atoms. The van der Waals surface area contributed by atoms with Gasteiger partial charge in [0.05, 0.1) is 6.61 Å². The van der Waals surface area contributed by atoms with Crippen LogP contribution in [0.25, 0.3) is 0 Å². The maximum absolute atomic E-state index is 10.7. The van der Waals surface area contributed by atoms with Gasteiger partial charge in [0, 0.05) is 6.42 Å². The summed E-state index contributed by atoms with van der Waals surface area (Å²) in [5, 5.41) is 8.79. The van der Waals surface area contributed by atoms with Gasteiger partial charge in [-0.05, 0) is 19.8 Å². The summed E-state index contributed by atoms with van der Waals surface area (Å²) in [5.74, 6) is -0.192. The van der Waals surface area contributed by atoms with Gasteiger partial charge >= 0.3 is 5.97 Å². The molecule has 1 aliphatic heterocycles. The van der Waals surface area contributed by atoms with Crippen LogP contribution < -0.4 is 0 Å². The van der Waals surface area contributed by atoms with E-state index in [1.54, 1.807) is 6.92 Å². The van der Waals surface area contributed by atoms with Crippen LogP contribution >= 0.6 is 0 Å². The molecule has 3 nitrogen and oxygen atoms in total. The Morgan fingerprint density at radius 3 is 2.90 bits per heavy atom. The normalized spacial score (nSPS) is 33.6. The van der Waals surface area contributed by atoms with Gasteiger partial charge in [0.1, 0.15) is 5.60 Å². The summed E-state index contributed by atoms with van der Waals surface area (Å²) in [6.45, 7) is 1.68. The van der Waals surface area contributed by atoms with E-state index in [-0.39, 0.29) is 12.6 Å². The zero-order valence-corrected chi connectivity index (χ0v) is 6.09. The van der Waals surface area contributed by atoms with Gasteiger partial charge in [0.25, 0.3) is 0 Å². The Hall–Kier alpha value is -0.570. The third-order valence-electron chi connectivity index (χ3n) is 1.78. The van der Waals surface area contributed by atoms with Crippen molar-refractivity contribution in [3.8, 4) is 0 Å². The Balaban J connectivity index is 2.53. The van der Waals surface area contributed by atoms with Gasteiger partial charge in [-0.1, -0.05) is 0 Å². The topological polar surface area (TPSA) is 46.5 Å². The summed E-state index contributed by atoms with van der Waals surface area (Å²) < 4.78 is 4.93. The van der Waals surface area contributed by atoms with Crippen LogP contribution in [0.15, 0.2) is 0 Å². The minimum atomic E-state index is -0.602. The van der Waals surface area contributed by atoms with Crippen molar-refractivity contribution in [3.63, 3.8) is 0 Å². The van der Waals surface area contributed by atoms with Gasteiger partial charge in [-0.3, -0.25) is 4.79 Å². The van der Waals surface area contributed by atoms with Crippen LogP contribution in [0.4, 0.5) is 0 Å². The molecular weight excluding hydrogens is 132 g/mol. The number of ether oxygens (including phenoxy) is 1. The van der Waals surface area contributed by atoms with Crippen molar-refractivity contribution >= 4 is 5.97 Å². The zero-order valence-electron chi connectivity index (χ0n) is 6.09. The number of aliphatic hydroxyl groups is 1. The van der Waals surface area contributed by atoms with Crippen molar-refractivity contribution in [3.05, 3.63) is 0 Å². The average Bonchev–Trinajstić information content (AvgIpc) is 1.88. The van der Waals surface area contributed by atoms with Gasteiger partial charge in [-0.25, -0.2) is 0 Å². The summed E-state index contributed by atoms with van der Waals surface area (Å²) in [7, 11) is 0. The van der Waals surface area contributed by atoms with E-state index in [1.807, 2.05) is 0 Å². The molecule has 1 atom stereocenters.